The van der Waals surface area contributed by atoms with Crippen LogP contribution < -0.4 is 4.90 Å². The molecule has 5 nitrogen and oxygen atoms in total. The van der Waals surface area contributed by atoms with Gasteiger partial charge in [0, 0.05) is 18.3 Å². The predicted octanol–water partition coefficient (Wildman–Crippen LogP) is 4.47. The molecule has 0 aliphatic carbocycles. The zero-order valence-corrected chi connectivity index (χ0v) is 19.5. The number of carbonyl (C=O) groups is 1. The summed E-state index contributed by atoms with van der Waals surface area (Å²) in [6, 6.07) is 22.3. The van der Waals surface area contributed by atoms with E-state index in [0.29, 0.717) is 0 Å². The second-order valence-corrected chi connectivity index (χ2v) is 10.5. The number of sulfonamides is 1. The third kappa shape index (κ3) is 4.47. The second-order valence-electron chi connectivity index (χ2n) is 8.52. The molecule has 3 aromatic carbocycles. The molecule has 0 radical (unpaired) electrons. The monoisotopic (exact) mass is 448 g/mol. The zero-order valence-electron chi connectivity index (χ0n) is 18.7. The van der Waals surface area contributed by atoms with Crippen LogP contribution in [0, 0.1) is 13.8 Å². The Morgan fingerprint density at radius 2 is 1.53 bits per heavy atom. The van der Waals surface area contributed by atoms with Crippen LogP contribution in [0.3, 0.4) is 0 Å². The molecule has 0 N–H and O–H groups in total. The Kier molecular flexibility index (Phi) is 6.17. The number of carbonyl (C=O) groups excluding carboxylic acids is 1. The number of anilines is 1. The number of aryl methyl sites for hydroxylation is 2. The number of benzene rings is 3. The number of amides is 1. The van der Waals surface area contributed by atoms with E-state index in [1.165, 1.54) is 4.31 Å². The van der Waals surface area contributed by atoms with E-state index in [-0.39, 0.29) is 29.9 Å². The zero-order chi connectivity index (χ0) is 22.9. The summed E-state index contributed by atoms with van der Waals surface area (Å²) in [7, 11) is -3.86. The summed E-state index contributed by atoms with van der Waals surface area (Å²) in [6.45, 7) is 5.81. The molecule has 0 aromatic heterocycles. The first-order valence-corrected chi connectivity index (χ1v) is 12.2. The first kappa shape index (κ1) is 22.2. The molecule has 166 valence electrons. The predicted molar refractivity (Wildman–Crippen MR) is 127 cm³/mol. The number of nitrogens with zero attached hydrogens (tertiary/aromatic N) is 2. The maximum atomic E-state index is 13.5. The molecule has 0 saturated carbocycles. The smallest absolute Gasteiger partial charge is 0.243 e. The van der Waals surface area contributed by atoms with Crippen molar-refractivity contribution >= 4 is 21.6 Å². The number of fused-ring (bicyclic) bond motifs is 1. The van der Waals surface area contributed by atoms with Crippen LogP contribution in [0.2, 0.25) is 0 Å². The summed E-state index contributed by atoms with van der Waals surface area (Å²) in [4.78, 5) is 15.4. The van der Waals surface area contributed by atoms with Crippen molar-refractivity contribution in [3.8, 4) is 0 Å². The van der Waals surface area contributed by atoms with E-state index in [0.717, 1.165) is 34.4 Å². The maximum Gasteiger partial charge on any atom is 0.243 e. The summed E-state index contributed by atoms with van der Waals surface area (Å²) < 4.78 is 28.4. The number of hydrogen-bond donors (Lipinski definition) is 0. The molecule has 0 bridgehead atoms. The Labute approximate surface area is 190 Å². The fourth-order valence-corrected chi connectivity index (χ4v) is 5.53. The van der Waals surface area contributed by atoms with E-state index < -0.39 is 10.0 Å². The minimum absolute atomic E-state index is 0.0109. The molecule has 0 saturated heterocycles. The summed E-state index contributed by atoms with van der Waals surface area (Å²) in [5.41, 5.74) is 4.90. The third-order valence-electron chi connectivity index (χ3n) is 5.93. The van der Waals surface area contributed by atoms with Crippen molar-refractivity contribution in [1.82, 2.24) is 4.31 Å². The van der Waals surface area contributed by atoms with Crippen molar-refractivity contribution in [1.29, 1.82) is 0 Å². The SMILES string of the molecule is Cc1ccc(CN(CC(=O)N2c3ccccc3C[C@H]2C)S(=O)(=O)c2ccc(C)cc2)cc1. The molecule has 4 rings (SSSR count). The van der Waals surface area contributed by atoms with Crippen LogP contribution in [0.25, 0.3) is 0 Å². The average Bonchev–Trinajstić information content (AvgIpc) is 3.10. The van der Waals surface area contributed by atoms with Gasteiger partial charge in [-0.1, -0.05) is 65.7 Å². The summed E-state index contributed by atoms with van der Waals surface area (Å²) in [5.74, 6) is -0.217. The van der Waals surface area contributed by atoms with Crippen LogP contribution in [0.5, 0.6) is 0 Å². The van der Waals surface area contributed by atoms with Gasteiger partial charge in [0.1, 0.15) is 0 Å². The van der Waals surface area contributed by atoms with Gasteiger partial charge < -0.3 is 4.90 Å². The van der Waals surface area contributed by atoms with Crippen LogP contribution in [-0.2, 0) is 27.8 Å². The van der Waals surface area contributed by atoms with Crippen LogP contribution in [0.15, 0.2) is 77.7 Å². The standard InChI is InChI=1S/C26H28N2O3S/c1-19-8-12-22(13-9-19)17-27(32(30,31)24-14-10-20(2)11-15-24)18-26(29)28-21(3)16-23-6-4-5-7-25(23)28/h4-15,21H,16-18H2,1-3H3/t21-/m1/s1. The van der Waals surface area contributed by atoms with Crippen molar-refractivity contribution in [2.24, 2.45) is 0 Å². The Morgan fingerprint density at radius 3 is 2.19 bits per heavy atom. The molecule has 0 fully saturated rings. The van der Waals surface area contributed by atoms with Gasteiger partial charge in [-0.05, 0) is 56.5 Å². The van der Waals surface area contributed by atoms with E-state index in [1.54, 1.807) is 29.2 Å². The summed E-state index contributed by atoms with van der Waals surface area (Å²) >= 11 is 0. The van der Waals surface area contributed by atoms with Crippen LogP contribution in [-0.4, -0.2) is 31.2 Å². The van der Waals surface area contributed by atoms with Crippen molar-refractivity contribution in [3.05, 3.63) is 95.1 Å². The first-order valence-electron chi connectivity index (χ1n) is 10.8. The van der Waals surface area contributed by atoms with Gasteiger partial charge in [0.25, 0.3) is 0 Å². The quantitative estimate of drug-likeness (QED) is 0.559. The lowest BCUT2D eigenvalue weighted by Gasteiger charge is -2.27. The maximum absolute atomic E-state index is 13.5. The van der Waals surface area contributed by atoms with E-state index in [1.807, 2.05) is 69.3 Å². The molecule has 0 unspecified atom stereocenters. The minimum atomic E-state index is -3.86. The van der Waals surface area contributed by atoms with Crippen molar-refractivity contribution in [2.75, 3.05) is 11.4 Å². The summed E-state index contributed by atoms with van der Waals surface area (Å²) in [5, 5.41) is 0. The van der Waals surface area contributed by atoms with Crippen LogP contribution in [0.1, 0.15) is 29.2 Å². The van der Waals surface area contributed by atoms with E-state index in [4.69, 9.17) is 0 Å². The van der Waals surface area contributed by atoms with Crippen molar-refractivity contribution < 1.29 is 13.2 Å². The van der Waals surface area contributed by atoms with Crippen LogP contribution in [0.4, 0.5) is 5.69 Å². The molecule has 1 aliphatic heterocycles. The Morgan fingerprint density at radius 1 is 0.938 bits per heavy atom. The van der Waals surface area contributed by atoms with Gasteiger partial charge in [-0.2, -0.15) is 4.31 Å². The molecular weight excluding hydrogens is 420 g/mol. The average molecular weight is 449 g/mol. The van der Waals surface area contributed by atoms with Gasteiger partial charge in [0.2, 0.25) is 15.9 Å². The Balaban J connectivity index is 1.67. The number of hydrogen-bond acceptors (Lipinski definition) is 3. The van der Waals surface area contributed by atoms with E-state index >= 15 is 0 Å². The third-order valence-corrected chi connectivity index (χ3v) is 7.73. The Bertz CT molecular complexity index is 1220. The molecule has 1 amide bonds. The Hall–Kier alpha value is -2.96. The highest BCUT2D eigenvalue weighted by Gasteiger charge is 2.34. The van der Waals surface area contributed by atoms with Crippen molar-refractivity contribution in [2.45, 2.75) is 44.7 Å². The van der Waals surface area contributed by atoms with Gasteiger partial charge in [-0.3, -0.25) is 4.79 Å². The largest absolute Gasteiger partial charge is 0.308 e. The van der Waals surface area contributed by atoms with Crippen LogP contribution >= 0.6 is 0 Å². The number of rotatable bonds is 6. The molecular formula is C26H28N2O3S. The molecule has 0 spiro atoms. The molecule has 1 heterocycles. The normalized spacial score (nSPS) is 15.8. The molecule has 6 heteroatoms. The van der Waals surface area contributed by atoms with E-state index in [2.05, 4.69) is 0 Å². The molecule has 1 atom stereocenters. The lowest BCUT2D eigenvalue weighted by atomic mass is 10.1. The first-order chi connectivity index (χ1) is 15.3. The van der Waals surface area contributed by atoms with Gasteiger partial charge in [0.05, 0.1) is 11.4 Å². The van der Waals surface area contributed by atoms with Gasteiger partial charge in [-0.25, -0.2) is 8.42 Å². The van der Waals surface area contributed by atoms with Gasteiger partial charge in [0.15, 0.2) is 0 Å². The highest BCUT2D eigenvalue weighted by molar-refractivity contribution is 7.89. The number of para-hydroxylation sites is 1. The second kappa shape index (κ2) is 8.88. The molecule has 3 aromatic rings. The molecule has 32 heavy (non-hydrogen) atoms. The lowest BCUT2D eigenvalue weighted by Crippen LogP contribution is -2.44. The van der Waals surface area contributed by atoms with Crippen molar-refractivity contribution in [3.63, 3.8) is 0 Å². The minimum Gasteiger partial charge on any atom is -0.308 e. The lowest BCUT2D eigenvalue weighted by molar-refractivity contribution is -0.119. The molecule has 1 aliphatic rings. The highest BCUT2D eigenvalue weighted by atomic mass is 32.2. The van der Waals surface area contributed by atoms with Gasteiger partial charge in [-0.15, -0.1) is 0 Å². The van der Waals surface area contributed by atoms with Gasteiger partial charge >= 0.3 is 0 Å². The fourth-order valence-electron chi connectivity index (χ4n) is 4.15. The van der Waals surface area contributed by atoms with E-state index in [9.17, 15) is 13.2 Å². The topological polar surface area (TPSA) is 57.7 Å². The highest BCUT2D eigenvalue weighted by Crippen LogP contribution is 2.32. The summed E-state index contributed by atoms with van der Waals surface area (Å²) in [6.07, 6.45) is 0.768. The fraction of sp³-hybridized carbons (Fsp3) is 0.269.